The van der Waals surface area contributed by atoms with Gasteiger partial charge < -0.3 is 24.4 Å². The van der Waals surface area contributed by atoms with Gasteiger partial charge in [0.15, 0.2) is 0 Å². The number of rotatable bonds is 4. The number of nitrogens with one attached hydrogen (secondary N) is 1. The fourth-order valence-corrected chi connectivity index (χ4v) is 4.18. The van der Waals surface area contributed by atoms with Crippen molar-refractivity contribution in [1.29, 1.82) is 0 Å². The van der Waals surface area contributed by atoms with Crippen LogP contribution in [0.25, 0.3) is 16.9 Å². The number of carbonyl (C=O) groups excluding carboxylic acids is 1. The fourth-order valence-electron chi connectivity index (χ4n) is 4.18. The number of amides is 2. The van der Waals surface area contributed by atoms with E-state index < -0.39 is 30.7 Å². The molecule has 14 heteroatoms. The number of halogens is 3. The lowest BCUT2D eigenvalue weighted by molar-refractivity contribution is -0.137. The van der Waals surface area contributed by atoms with Crippen LogP contribution in [-0.4, -0.2) is 81.2 Å². The number of fused-ring (bicyclic) bond motifs is 7. The van der Waals surface area contributed by atoms with Crippen molar-refractivity contribution in [2.24, 2.45) is 0 Å². The minimum atomic E-state index is -4.35. The summed E-state index contributed by atoms with van der Waals surface area (Å²) in [6.45, 7) is 4.24. The molecule has 0 saturated carbocycles. The summed E-state index contributed by atoms with van der Waals surface area (Å²) in [6.07, 6.45) is -0.635. The first-order chi connectivity index (χ1) is 18.2. The first kappa shape index (κ1) is 27.4. The maximum atomic E-state index is 13.2. The Kier molecular flexibility index (Phi) is 8.49. The van der Waals surface area contributed by atoms with E-state index in [0.29, 0.717) is 41.3 Å². The number of carbonyl (C=O) groups is 1. The highest BCUT2D eigenvalue weighted by atomic mass is 19.4. The summed E-state index contributed by atoms with van der Waals surface area (Å²) in [5.41, 5.74) is 2.05. The predicted octanol–water partition coefficient (Wildman–Crippen LogP) is 3.80. The van der Waals surface area contributed by atoms with Gasteiger partial charge in [0.1, 0.15) is 12.1 Å². The molecule has 0 fully saturated rings. The van der Waals surface area contributed by atoms with Crippen LogP contribution in [0, 0.1) is 0 Å². The quantitative estimate of drug-likeness (QED) is 0.535. The van der Waals surface area contributed by atoms with Gasteiger partial charge >= 0.3 is 12.2 Å². The van der Waals surface area contributed by atoms with Crippen LogP contribution in [0.3, 0.4) is 0 Å². The molecule has 0 spiro atoms. The summed E-state index contributed by atoms with van der Waals surface area (Å²) in [4.78, 5) is 28.0. The van der Waals surface area contributed by atoms with Gasteiger partial charge in [-0.1, -0.05) is 0 Å². The Hall–Kier alpha value is -3.68. The first-order valence-corrected chi connectivity index (χ1v) is 12.3. The number of aromatic nitrogens is 5. The molecule has 0 aliphatic carbocycles. The van der Waals surface area contributed by atoms with Crippen molar-refractivity contribution in [3.8, 4) is 22.9 Å². The van der Waals surface area contributed by atoms with Crippen molar-refractivity contribution in [3.05, 3.63) is 30.5 Å². The lowest BCUT2D eigenvalue weighted by atomic mass is 10.1. The zero-order valence-corrected chi connectivity index (χ0v) is 21.4. The highest BCUT2D eigenvalue weighted by molar-refractivity contribution is 5.75. The molecule has 11 nitrogen and oxygen atoms in total. The van der Waals surface area contributed by atoms with E-state index >= 15 is 0 Å². The summed E-state index contributed by atoms with van der Waals surface area (Å²) in [5, 5.41) is 6.93. The van der Waals surface area contributed by atoms with Gasteiger partial charge in [0.05, 0.1) is 56.2 Å². The topological polar surface area (TPSA) is 116 Å². The van der Waals surface area contributed by atoms with E-state index in [1.54, 1.807) is 30.6 Å². The Morgan fingerprint density at radius 1 is 1.26 bits per heavy atom. The zero-order valence-electron chi connectivity index (χ0n) is 21.4. The zero-order chi connectivity index (χ0) is 27.3. The molecule has 1 aliphatic heterocycles. The summed E-state index contributed by atoms with van der Waals surface area (Å²) in [6, 6.07) is -0.0903. The molecule has 1 aliphatic rings. The van der Waals surface area contributed by atoms with Gasteiger partial charge in [-0.25, -0.2) is 19.3 Å². The standard InChI is InChI=1S/C24H30F3N7O4/c1-4-33-15(2)18-10-17(20(36-3)11-28-18)19-12-34-21(29-14-30-34)22(32-19)38-9-5-8-37-13-16(31-23(33)35)6-7-24(25,26)27/h10-12,14-16H,4-9,13H2,1-3H3,(H,31,35)/t15-,16?/m1/s1. The normalized spacial score (nSPS) is 19.5. The highest BCUT2D eigenvalue weighted by Crippen LogP contribution is 2.33. The summed E-state index contributed by atoms with van der Waals surface area (Å²) < 4.78 is 57.3. The third-order valence-corrected chi connectivity index (χ3v) is 6.21. The van der Waals surface area contributed by atoms with Crippen LogP contribution in [0.4, 0.5) is 18.0 Å². The first-order valence-electron chi connectivity index (χ1n) is 12.3. The molecule has 0 aromatic carbocycles. The van der Waals surface area contributed by atoms with E-state index in [1.165, 1.54) is 24.5 Å². The van der Waals surface area contributed by atoms with Gasteiger partial charge in [0.25, 0.3) is 5.88 Å². The van der Waals surface area contributed by atoms with Crippen LogP contribution in [-0.2, 0) is 4.74 Å². The van der Waals surface area contributed by atoms with E-state index in [2.05, 4.69) is 25.4 Å². The van der Waals surface area contributed by atoms with Crippen LogP contribution in [0.1, 0.15) is 44.8 Å². The van der Waals surface area contributed by atoms with E-state index in [4.69, 9.17) is 14.2 Å². The Labute approximate surface area is 217 Å². The summed E-state index contributed by atoms with van der Waals surface area (Å²) in [5.74, 6) is 0.706. The van der Waals surface area contributed by atoms with Gasteiger partial charge in [-0.05, 0) is 26.3 Å². The number of urea groups is 1. The molecule has 0 radical (unpaired) electrons. The molecule has 2 atom stereocenters. The number of hydrogen-bond acceptors (Lipinski definition) is 8. The maximum absolute atomic E-state index is 13.2. The Balaban J connectivity index is 1.72. The number of nitrogens with zero attached hydrogens (tertiary/aromatic N) is 6. The van der Waals surface area contributed by atoms with Gasteiger partial charge in [-0.15, -0.1) is 0 Å². The third kappa shape index (κ3) is 6.41. The summed E-state index contributed by atoms with van der Waals surface area (Å²) in [7, 11) is 1.51. The number of pyridine rings is 1. The largest absolute Gasteiger partial charge is 0.494 e. The van der Waals surface area contributed by atoms with E-state index in [0.717, 1.165) is 0 Å². The van der Waals surface area contributed by atoms with Crippen LogP contribution < -0.4 is 14.8 Å². The minimum absolute atomic E-state index is 0.0686. The molecule has 38 heavy (non-hydrogen) atoms. The Morgan fingerprint density at radius 2 is 2.08 bits per heavy atom. The van der Waals surface area contributed by atoms with Crippen LogP contribution >= 0.6 is 0 Å². The molecule has 4 bridgehead atoms. The van der Waals surface area contributed by atoms with Crippen LogP contribution in [0.2, 0.25) is 0 Å². The molecule has 4 heterocycles. The van der Waals surface area contributed by atoms with E-state index in [9.17, 15) is 18.0 Å². The molecule has 1 unspecified atom stereocenters. The monoisotopic (exact) mass is 537 g/mol. The van der Waals surface area contributed by atoms with Crippen molar-refractivity contribution in [2.45, 2.75) is 51.4 Å². The second-order valence-electron chi connectivity index (χ2n) is 8.81. The predicted molar refractivity (Wildman–Crippen MR) is 130 cm³/mol. The highest BCUT2D eigenvalue weighted by Gasteiger charge is 2.30. The van der Waals surface area contributed by atoms with Crippen molar-refractivity contribution in [2.75, 3.05) is 33.5 Å². The van der Waals surface area contributed by atoms with E-state index in [1.807, 2.05) is 0 Å². The lowest BCUT2D eigenvalue weighted by Gasteiger charge is -2.30. The lowest BCUT2D eigenvalue weighted by Crippen LogP contribution is -2.47. The van der Waals surface area contributed by atoms with Crippen molar-refractivity contribution in [1.82, 2.24) is 34.8 Å². The summed E-state index contributed by atoms with van der Waals surface area (Å²) >= 11 is 0. The van der Waals surface area contributed by atoms with Crippen LogP contribution in [0.15, 0.2) is 24.8 Å². The molecule has 2 amide bonds. The van der Waals surface area contributed by atoms with Gasteiger partial charge in [-0.3, -0.25) is 4.98 Å². The number of methoxy groups -OCH3 is 1. The van der Waals surface area contributed by atoms with Crippen molar-refractivity contribution >= 4 is 11.7 Å². The van der Waals surface area contributed by atoms with Gasteiger partial charge in [0.2, 0.25) is 5.65 Å². The molecule has 1 N–H and O–H groups in total. The Bertz CT molecular complexity index is 1250. The number of hydrogen-bond donors (Lipinski definition) is 1. The molecule has 3 aromatic heterocycles. The van der Waals surface area contributed by atoms with Gasteiger partial charge in [0, 0.05) is 31.6 Å². The minimum Gasteiger partial charge on any atom is -0.494 e. The molecule has 3 aromatic rings. The maximum Gasteiger partial charge on any atom is 0.389 e. The molecular formula is C24H30F3N7O4. The second-order valence-corrected chi connectivity index (χ2v) is 8.81. The molecular weight excluding hydrogens is 507 g/mol. The number of ether oxygens (including phenoxy) is 3. The smallest absolute Gasteiger partial charge is 0.389 e. The Morgan fingerprint density at radius 3 is 2.82 bits per heavy atom. The fraction of sp³-hybridized carbons (Fsp3) is 0.542. The third-order valence-electron chi connectivity index (χ3n) is 6.21. The average molecular weight is 538 g/mol. The van der Waals surface area contributed by atoms with Crippen molar-refractivity contribution < 1.29 is 32.2 Å². The van der Waals surface area contributed by atoms with Crippen LogP contribution in [0.5, 0.6) is 11.6 Å². The van der Waals surface area contributed by atoms with E-state index in [-0.39, 0.29) is 32.1 Å². The molecule has 0 saturated heterocycles. The average Bonchev–Trinajstić information content (AvgIpc) is 3.37. The van der Waals surface area contributed by atoms with Gasteiger partial charge in [-0.2, -0.15) is 18.3 Å². The molecule has 206 valence electrons. The number of alkyl halides is 3. The SMILES string of the molecule is CCN1C(=O)NC(CCC(F)(F)F)COCCCOc2nc(cn3ncnc23)-c2cc(ncc2OC)[C@H]1C. The second kappa shape index (κ2) is 11.8. The van der Waals surface area contributed by atoms with Crippen molar-refractivity contribution in [3.63, 3.8) is 0 Å². The molecule has 4 rings (SSSR count).